The second-order valence-electron chi connectivity index (χ2n) is 1.65. The normalized spacial score (nSPS) is 15.9. The molecular weight excluding hydrogens is 79.0 g/mol. The van der Waals surface area contributed by atoms with E-state index in [9.17, 15) is 0 Å². The maximum atomic E-state index is 2.16. The van der Waals surface area contributed by atoms with E-state index in [4.69, 9.17) is 0 Å². The summed E-state index contributed by atoms with van der Waals surface area (Å²) in [5.74, 6) is 0. The van der Waals surface area contributed by atoms with Gasteiger partial charge in [0.15, 0.2) is 0 Å². The SMILES string of the molecule is CC1=CC=CC1.[LiH]. The average molecular weight is 88.1 g/mol. The third-order valence-corrected chi connectivity index (χ3v) is 0.957. The van der Waals surface area contributed by atoms with Crippen molar-refractivity contribution in [3.63, 3.8) is 0 Å². The van der Waals surface area contributed by atoms with Crippen LogP contribution in [0.2, 0.25) is 0 Å². The molecule has 1 aliphatic carbocycles. The van der Waals surface area contributed by atoms with E-state index in [1.165, 1.54) is 12.0 Å². The summed E-state index contributed by atoms with van der Waals surface area (Å²) in [4.78, 5) is 0. The predicted molar refractivity (Wildman–Crippen MR) is 34.7 cm³/mol. The Morgan fingerprint density at radius 2 is 2.29 bits per heavy atom. The zero-order valence-corrected chi connectivity index (χ0v) is 3.94. The van der Waals surface area contributed by atoms with Gasteiger partial charge in [-0.25, -0.2) is 0 Å². The number of allylic oxidation sites excluding steroid dienone is 4. The van der Waals surface area contributed by atoms with Gasteiger partial charge in [-0.05, 0) is 13.3 Å². The third kappa shape index (κ3) is 2.02. The summed E-state index contributed by atoms with van der Waals surface area (Å²) in [6.07, 6.45) is 7.56. The number of hydrogen-bond donors (Lipinski definition) is 0. The zero-order chi connectivity index (χ0) is 4.41. The van der Waals surface area contributed by atoms with E-state index in [2.05, 4.69) is 25.2 Å². The fourth-order valence-corrected chi connectivity index (χ4v) is 0.554. The molecule has 0 aromatic heterocycles. The van der Waals surface area contributed by atoms with Crippen LogP contribution in [0, 0.1) is 0 Å². The van der Waals surface area contributed by atoms with E-state index in [0.717, 1.165) is 0 Å². The molecule has 0 saturated heterocycles. The van der Waals surface area contributed by atoms with Crippen LogP contribution in [-0.2, 0) is 0 Å². The predicted octanol–water partition coefficient (Wildman–Crippen LogP) is 1.24. The molecule has 0 atom stereocenters. The first-order chi connectivity index (χ1) is 2.89. The summed E-state index contributed by atoms with van der Waals surface area (Å²) in [7, 11) is 0. The fourth-order valence-electron chi connectivity index (χ4n) is 0.554. The van der Waals surface area contributed by atoms with Crippen LogP contribution in [0.15, 0.2) is 23.8 Å². The summed E-state index contributed by atoms with van der Waals surface area (Å²) >= 11 is 0. The summed E-state index contributed by atoms with van der Waals surface area (Å²) < 4.78 is 0. The van der Waals surface area contributed by atoms with Crippen molar-refractivity contribution >= 4 is 18.9 Å². The second-order valence-corrected chi connectivity index (χ2v) is 1.65. The van der Waals surface area contributed by atoms with Gasteiger partial charge in [0.1, 0.15) is 0 Å². The van der Waals surface area contributed by atoms with Gasteiger partial charge in [-0.2, -0.15) is 0 Å². The van der Waals surface area contributed by atoms with Crippen molar-refractivity contribution in [2.75, 3.05) is 0 Å². The van der Waals surface area contributed by atoms with Crippen LogP contribution in [0.4, 0.5) is 0 Å². The minimum absolute atomic E-state index is 0. The molecule has 0 saturated carbocycles. The minimum atomic E-state index is 0. The van der Waals surface area contributed by atoms with Crippen molar-refractivity contribution in [3.8, 4) is 0 Å². The fraction of sp³-hybridized carbons (Fsp3) is 0.333. The molecule has 0 radical (unpaired) electrons. The van der Waals surface area contributed by atoms with E-state index in [-0.39, 0.29) is 18.9 Å². The van der Waals surface area contributed by atoms with E-state index >= 15 is 0 Å². The molecule has 34 valence electrons. The Hall–Kier alpha value is 0.0774. The van der Waals surface area contributed by atoms with E-state index in [0.29, 0.717) is 0 Å². The van der Waals surface area contributed by atoms with Crippen molar-refractivity contribution in [3.05, 3.63) is 23.8 Å². The first kappa shape index (κ1) is 7.08. The topological polar surface area (TPSA) is 0 Å². The van der Waals surface area contributed by atoms with Crippen molar-refractivity contribution in [1.82, 2.24) is 0 Å². The van der Waals surface area contributed by atoms with Crippen molar-refractivity contribution in [1.29, 1.82) is 0 Å². The van der Waals surface area contributed by atoms with Crippen LogP contribution in [-0.4, -0.2) is 18.9 Å². The maximum absolute atomic E-state index is 2.16. The van der Waals surface area contributed by atoms with Crippen LogP contribution in [0.25, 0.3) is 0 Å². The Bertz CT molecular complexity index is 101. The first-order valence-corrected chi connectivity index (χ1v) is 2.22. The molecule has 0 spiro atoms. The van der Waals surface area contributed by atoms with Crippen molar-refractivity contribution in [2.45, 2.75) is 13.3 Å². The monoisotopic (exact) mass is 88.1 g/mol. The van der Waals surface area contributed by atoms with Crippen LogP contribution < -0.4 is 0 Å². The molecule has 7 heavy (non-hydrogen) atoms. The first-order valence-electron chi connectivity index (χ1n) is 2.22. The summed E-state index contributed by atoms with van der Waals surface area (Å²) in [5, 5.41) is 0. The van der Waals surface area contributed by atoms with Gasteiger partial charge < -0.3 is 0 Å². The van der Waals surface area contributed by atoms with Crippen LogP contribution in [0.5, 0.6) is 0 Å². The molecule has 0 bridgehead atoms. The van der Waals surface area contributed by atoms with E-state index < -0.39 is 0 Å². The molecule has 0 aromatic rings. The van der Waals surface area contributed by atoms with Gasteiger partial charge in [0.2, 0.25) is 0 Å². The standard InChI is InChI=1S/C6H8.Li.H/c1-6-4-2-3-5-6;;/h2-4H,5H2,1H3;;. The van der Waals surface area contributed by atoms with Crippen LogP contribution in [0.1, 0.15) is 13.3 Å². The van der Waals surface area contributed by atoms with Gasteiger partial charge in [-0.15, -0.1) is 0 Å². The second kappa shape index (κ2) is 3.13. The van der Waals surface area contributed by atoms with Gasteiger partial charge in [0.25, 0.3) is 0 Å². The molecule has 0 heterocycles. The number of rotatable bonds is 0. The molecule has 0 N–H and O–H groups in total. The molecular formula is C6H9Li. The molecule has 0 unspecified atom stereocenters. The van der Waals surface area contributed by atoms with Gasteiger partial charge in [-0.1, -0.05) is 23.8 Å². The quantitative estimate of drug-likeness (QED) is 0.391. The molecule has 0 aliphatic heterocycles. The Balaban J connectivity index is 0.000000360. The molecule has 1 rings (SSSR count). The van der Waals surface area contributed by atoms with Crippen molar-refractivity contribution in [2.24, 2.45) is 0 Å². The van der Waals surface area contributed by atoms with E-state index in [1.807, 2.05) is 0 Å². The third-order valence-electron chi connectivity index (χ3n) is 0.957. The Labute approximate surface area is 56.5 Å². The molecule has 0 nitrogen and oxygen atoms in total. The summed E-state index contributed by atoms with van der Waals surface area (Å²) in [5.41, 5.74) is 1.47. The molecule has 1 heteroatoms. The number of hydrogen-bond acceptors (Lipinski definition) is 0. The van der Waals surface area contributed by atoms with Gasteiger partial charge in [0, 0.05) is 0 Å². The molecule has 1 aliphatic rings. The summed E-state index contributed by atoms with van der Waals surface area (Å²) in [6, 6.07) is 0. The van der Waals surface area contributed by atoms with Crippen molar-refractivity contribution < 1.29 is 0 Å². The Morgan fingerprint density at radius 1 is 1.57 bits per heavy atom. The van der Waals surface area contributed by atoms with Crippen LogP contribution >= 0.6 is 0 Å². The van der Waals surface area contributed by atoms with Gasteiger partial charge in [0.05, 0.1) is 0 Å². The molecule has 0 amide bonds. The zero-order valence-electron chi connectivity index (χ0n) is 3.94. The Morgan fingerprint density at radius 3 is 2.43 bits per heavy atom. The Kier molecular flexibility index (Phi) is 3.16. The molecule has 0 fully saturated rings. The van der Waals surface area contributed by atoms with Crippen LogP contribution in [0.3, 0.4) is 0 Å². The average Bonchev–Trinajstić information content (AvgIpc) is 1.86. The van der Waals surface area contributed by atoms with E-state index in [1.54, 1.807) is 0 Å². The van der Waals surface area contributed by atoms with Gasteiger partial charge in [-0.3, -0.25) is 0 Å². The summed E-state index contributed by atoms with van der Waals surface area (Å²) in [6.45, 7) is 2.14. The molecule has 0 aromatic carbocycles. The van der Waals surface area contributed by atoms with Gasteiger partial charge >= 0.3 is 18.9 Å².